The number of hydroxylamine groups is 1. The number of benzene rings is 1. The highest BCUT2D eigenvalue weighted by molar-refractivity contribution is 5.91. The minimum Gasteiger partial charge on any atom is -0.497 e. The van der Waals surface area contributed by atoms with E-state index >= 15 is 0 Å². The monoisotopic (exact) mass is 430 g/mol. The average Bonchev–Trinajstić information content (AvgIpc) is 2.74. The van der Waals surface area contributed by atoms with Crippen LogP contribution in [-0.2, 0) is 11.4 Å². The molecule has 0 aliphatic rings. The van der Waals surface area contributed by atoms with Gasteiger partial charge >= 0.3 is 5.97 Å². The molecular weight excluding hydrogens is 411 g/mol. The molecule has 31 heavy (non-hydrogen) atoms. The van der Waals surface area contributed by atoms with Gasteiger partial charge in [-0.05, 0) is 24.3 Å². The van der Waals surface area contributed by atoms with Crippen LogP contribution in [0.25, 0.3) is 11.3 Å². The van der Waals surface area contributed by atoms with E-state index in [-0.39, 0.29) is 23.7 Å². The third-order valence-corrected chi connectivity index (χ3v) is 3.84. The van der Waals surface area contributed by atoms with E-state index in [1.54, 1.807) is 6.07 Å². The first-order valence-electron chi connectivity index (χ1n) is 8.92. The molecule has 162 valence electrons. The summed E-state index contributed by atoms with van der Waals surface area (Å²) in [6, 6.07) is 7.12. The number of methoxy groups -OCH3 is 1. The minimum atomic E-state index is -2.36. The van der Waals surface area contributed by atoms with Gasteiger partial charge in [-0.3, -0.25) is 14.6 Å². The summed E-state index contributed by atoms with van der Waals surface area (Å²) in [4.78, 5) is 29.5. The molecular formula is C20H19FN4O6. The van der Waals surface area contributed by atoms with E-state index in [1.807, 2.05) is 0 Å². The van der Waals surface area contributed by atoms with Crippen molar-refractivity contribution < 1.29 is 33.7 Å². The zero-order valence-corrected chi connectivity index (χ0v) is 16.6. The Morgan fingerprint density at radius 2 is 2.00 bits per heavy atom. The normalized spacial score (nSPS) is 11.1. The first kappa shape index (κ1) is 22.0. The molecule has 3 aromatic rings. The fourth-order valence-corrected chi connectivity index (χ4v) is 2.43. The molecule has 0 aliphatic carbocycles. The second-order valence-corrected chi connectivity index (χ2v) is 6.39. The van der Waals surface area contributed by atoms with Gasteiger partial charge in [-0.15, -0.1) is 0 Å². The van der Waals surface area contributed by atoms with Gasteiger partial charge in [0.05, 0.1) is 25.2 Å². The maximum atomic E-state index is 13.8. The quantitative estimate of drug-likeness (QED) is 0.359. The number of amides is 1. The number of nitrogens with zero attached hydrogens (tertiary/aromatic N) is 3. The summed E-state index contributed by atoms with van der Waals surface area (Å²) in [5, 5.41) is 18.5. The number of carbonyl (C=O) groups excluding carboxylic acids is 1. The number of ether oxygens (including phenoxy) is 2. The molecule has 0 radical (unpaired) electrons. The highest BCUT2D eigenvalue weighted by Gasteiger charge is 2.18. The summed E-state index contributed by atoms with van der Waals surface area (Å²) in [6.45, 7) is 0.822. The molecule has 0 atom stereocenters. The van der Waals surface area contributed by atoms with Crippen molar-refractivity contribution in [1.82, 2.24) is 20.4 Å². The predicted octanol–water partition coefficient (Wildman–Crippen LogP) is 1.58. The van der Waals surface area contributed by atoms with Crippen molar-refractivity contribution in [3.8, 4) is 22.9 Å². The zero-order chi connectivity index (χ0) is 22.4. The lowest BCUT2D eigenvalue weighted by Gasteiger charge is -2.16. The number of hydrogen-bond donors (Lipinski definition) is 3. The van der Waals surface area contributed by atoms with Crippen molar-refractivity contribution in [3.05, 3.63) is 66.0 Å². The van der Waals surface area contributed by atoms with Gasteiger partial charge in [0.2, 0.25) is 5.88 Å². The van der Waals surface area contributed by atoms with Crippen molar-refractivity contribution in [1.29, 1.82) is 0 Å². The molecule has 0 saturated heterocycles. The molecule has 0 fully saturated rings. The summed E-state index contributed by atoms with van der Waals surface area (Å²) >= 11 is 0. The van der Waals surface area contributed by atoms with E-state index in [4.69, 9.17) is 14.3 Å². The van der Waals surface area contributed by atoms with Gasteiger partial charge in [-0.25, -0.2) is 19.8 Å². The lowest BCUT2D eigenvalue weighted by atomic mass is 10.2. The molecule has 3 rings (SSSR count). The van der Waals surface area contributed by atoms with Crippen LogP contribution in [0, 0.1) is 5.82 Å². The van der Waals surface area contributed by atoms with Gasteiger partial charge in [-0.1, -0.05) is 0 Å². The molecule has 2 aromatic heterocycles. The smallest absolute Gasteiger partial charge is 0.320 e. The highest BCUT2D eigenvalue weighted by atomic mass is 19.1. The van der Waals surface area contributed by atoms with Crippen LogP contribution < -0.4 is 15.0 Å². The molecule has 0 unspecified atom stereocenters. The number of pyridine rings is 1. The van der Waals surface area contributed by atoms with E-state index in [0.717, 1.165) is 6.92 Å². The van der Waals surface area contributed by atoms with Crippen molar-refractivity contribution in [2.45, 2.75) is 19.5 Å². The summed E-state index contributed by atoms with van der Waals surface area (Å²) < 4.78 is 23.6. The molecule has 0 spiro atoms. The Hall–Kier alpha value is -3.67. The van der Waals surface area contributed by atoms with E-state index in [2.05, 4.69) is 20.4 Å². The molecule has 1 amide bonds. The maximum absolute atomic E-state index is 13.8. The Balaban J connectivity index is 1.64. The van der Waals surface area contributed by atoms with Crippen molar-refractivity contribution >= 4 is 5.91 Å². The predicted molar refractivity (Wildman–Crippen MR) is 104 cm³/mol. The zero-order valence-electron chi connectivity index (χ0n) is 16.6. The number of aliphatic hydroxyl groups is 2. The summed E-state index contributed by atoms with van der Waals surface area (Å²) in [7, 11) is 1.46. The third-order valence-electron chi connectivity index (χ3n) is 3.84. The molecule has 1 aromatic carbocycles. The van der Waals surface area contributed by atoms with Crippen LogP contribution >= 0.6 is 0 Å². The topological polar surface area (TPSA) is 136 Å². The Morgan fingerprint density at radius 3 is 2.68 bits per heavy atom. The van der Waals surface area contributed by atoms with Gasteiger partial charge in [0.25, 0.3) is 5.91 Å². The lowest BCUT2D eigenvalue weighted by Crippen LogP contribution is -2.31. The fraction of sp³-hybridized carbons (Fsp3) is 0.200. The van der Waals surface area contributed by atoms with E-state index in [9.17, 15) is 19.4 Å². The summed E-state index contributed by atoms with van der Waals surface area (Å²) in [5.41, 5.74) is 3.19. The SMILES string of the molecule is COc1ccc(F)c(CONC(=O)c2cncc(-c3ccc(OC(C)(O)O)nc3)n2)c1. The Morgan fingerprint density at radius 1 is 1.19 bits per heavy atom. The Labute approximate surface area is 176 Å². The van der Waals surface area contributed by atoms with Crippen LogP contribution in [0.5, 0.6) is 11.6 Å². The number of halogens is 1. The minimum absolute atomic E-state index is 0.0173. The van der Waals surface area contributed by atoms with E-state index < -0.39 is 17.7 Å². The molecule has 11 heteroatoms. The largest absolute Gasteiger partial charge is 0.497 e. The number of nitrogens with one attached hydrogen (secondary N) is 1. The average molecular weight is 430 g/mol. The first-order chi connectivity index (χ1) is 14.7. The standard InChI is InChI=1S/C20H19FN4O6/c1-20(27,28)31-18-6-3-12(8-23-18)16-9-22-10-17(24-16)19(26)25-30-11-13-7-14(29-2)4-5-15(13)21/h3-10,27-28H,11H2,1-2H3,(H,25,26). The Kier molecular flexibility index (Phi) is 6.70. The molecule has 0 saturated carbocycles. The van der Waals surface area contributed by atoms with Crippen LogP contribution in [0.3, 0.4) is 0 Å². The first-order valence-corrected chi connectivity index (χ1v) is 8.92. The highest BCUT2D eigenvalue weighted by Crippen LogP contribution is 2.20. The Bertz CT molecular complexity index is 1060. The van der Waals surface area contributed by atoms with Crippen molar-refractivity contribution in [2.24, 2.45) is 0 Å². The van der Waals surface area contributed by atoms with Crippen LogP contribution in [0.4, 0.5) is 4.39 Å². The molecule has 10 nitrogen and oxygen atoms in total. The van der Waals surface area contributed by atoms with Crippen molar-refractivity contribution in [3.63, 3.8) is 0 Å². The number of hydrogen-bond acceptors (Lipinski definition) is 9. The van der Waals surface area contributed by atoms with Gasteiger partial charge in [0, 0.05) is 30.3 Å². The van der Waals surface area contributed by atoms with Gasteiger partial charge in [0.15, 0.2) is 0 Å². The fourth-order valence-electron chi connectivity index (χ4n) is 2.43. The molecule has 0 aliphatic heterocycles. The third kappa shape index (κ3) is 6.15. The van der Waals surface area contributed by atoms with Crippen LogP contribution in [-0.4, -0.2) is 44.2 Å². The van der Waals surface area contributed by atoms with E-state index in [0.29, 0.717) is 17.0 Å². The van der Waals surface area contributed by atoms with Gasteiger partial charge < -0.3 is 19.7 Å². The van der Waals surface area contributed by atoms with Crippen LogP contribution in [0.1, 0.15) is 23.0 Å². The second-order valence-electron chi connectivity index (χ2n) is 6.39. The lowest BCUT2D eigenvalue weighted by molar-refractivity contribution is -0.279. The van der Waals surface area contributed by atoms with Crippen molar-refractivity contribution in [2.75, 3.05) is 7.11 Å². The summed E-state index contributed by atoms with van der Waals surface area (Å²) in [6.07, 6.45) is 4.03. The summed E-state index contributed by atoms with van der Waals surface area (Å²) in [5.74, 6) is -3.10. The van der Waals surface area contributed by atoms with Crippen LogP contribution in [0.15, 0.2) is 48.9 Å². The van der Waals surface area contributed by atoms with Gasteiger partial charge in [-0.2, -0.15) is 0 Å². The second kappa shape index (κ2) is 9.43. The number of rotatable bonds is 8. The van der Waals surface area contributed by atoms with Crippen LogP contribution in [0.2, 0.25) is 0 Å². The molecule has 0 bridgehead atoms. The number of aromatic nitrogens is 3. The molecule has 3 N–H and O–H groups in total. The number of carbonyl (C=O) groups is 1. The van der Waals surface area contributed by atoms with Gasteiger partial charge in [0.1, 0.15) is 23.9 Å². The maximum Gasteiger partial charge on any atom is 0.320 e. The van der Waals surface area contributed by atoms with E-state index in [1.165, 1.54) is 50.0 Å². The molecule has 2 heterocycles.